The van der Waals surface area contributed by atoms with Crippen LogP contribution >= 0.6 is 0 Å². The van der Waals surface area contributed by atoms with Crippen molar-refractivity contribution >= 4 is 5.97 Å². The molecule has 0 aliphatic rings. The van der Waals surface area contributed by atoms with Crippen LogP contribution in [-0.4, -0.2) is 35.5 Å². The number of aryl methyl sites for hydroxylation is 2. The highest BCUT2D eigenvalue weighted by molar-refractivity contribution is 5.95. The molecule has 0 aliphatic heterocycles. The molecule has 0 amide bonds. The summed E-state index contributed by atoms with van der Waals surface area (Å²) in [4.78, 5) is 24.7. The maximum atomic E-state index is 13.5. The summed E-state index contributed by atoms with van der Waals surface area (Å²) in [6, 6.07) is 4.29. The fourth-order valence-electron chi connectivity index (χ4n) is 2.41. The smallest absolute Gasteiger partial charge is 0.404 e. The van der Waals surface area contributed by atoms with Gasteiger partial charge >= 0.3 is 17.8 Å². The molecule has 0 aliphatic carbocycles. The monoisotopic (exact) mass is 382 g/mol. The number of benzene rings is 1. The Labute approximate surface area is 149 Å². The van der Waals surface area contributed by atoms with Gasteiger partial charge in [0.15, 0.2) is 0 Å². The molecule has 27 heavy (non-hydrogen) atoms. The summed E-state index contributed by atoms with van der Waals surface area (Å²) >= 11 is 0. The fourth-order valence-corrected chi connectivity index (χ4v) is 2.41. The van der Waals surface area contributed by atoms with Gasteiger partial charge in [0, 0.05) is 19.7 Å². The van der Waals surface area contributed by atoms with Crippen LogP contribution in [0.3, 0.4) is 0 Å². The third-order valence-corrected chi connectivity index (χ3v) is 3.67. The normalized spacial score (nSPS) is 11.6. The highest BCUT2D eigenvalue weighted by Gasteiger charge is 2.37. The van der Waals surface area contributed by atoms with Crippen LogP contribution in [0.1, 0.15) is 22.8 Å². The van der Waals surface area contributed by atoms with Crippen LogP contribution in [0.5, 0.6) is 5.88 Å². The number of aromatic nitrogens is 6. The van der Waals surface area contributed by atoms with E-state index in [2.05, 4.69) is 15.5 Å². The summed E-state index contributed by atoms with van der Waals surface area (Å²) in [6.07, 6.45) is -3.46. The third kappa shape index (κ3) is 3.32. The van der Waals surface area contributed by atoms with Crippen molar-refractivity contribution in [3.63, 3.8) is 0 Å². The number of ether oxygens (including phenoxy) is 1. The number of tetrazole rings is 1. The lowest BCUT2D eigenvalue weighted by Crippen LogP contribution is -2.27. The average molecular weight is 382 g/mol. The Morgan fingerprint density at radius 3 is 2.56 bits per heavy atom. The van der Waals surface area contributed by atoms with Gasteiger partial charge in [-0.3, -0.25) is 0 Å². The SMILES string of the molecule is CCn1nccc1OC(=O)c1cccc(C(F)(F)F)c1-n1nnn(C)c1=O. The molecule has 0 saturated heterocycles. The van der Waals surface area contributed by atoms with Crippen molar-refractivity contribution in [3.05, 3.63) is 52.1 Å². The second kappa shape index (κ2) is 6.70. The Kier molecular flexibility index (Phi) is 4.56. The molecule has 0 saturated carbocycles. The molecule has 0 atom stereocenters. The van der Waals surface area contributed by atoms with Gasteiger partial charge in [-0.25, -0.2) is 14.3 Å². The van der Waals surface area contributed by atoms with Gasteiger partial charge in [-0.1, -0.05) is 6.07 Å². The first-order valence-corrected chi connectivity index (χ1v) is 7.67. The molecule has 0 radical (unpaired) electrons. The van der Waals surface area contributed by atoms with Gasteiger partial charge in [-0.2, -0.15) is 27.6 Å². The zero-order chi connectivity index (χ0) is 19.8. The molecule has 0 fully saturated rings. The molecule has 2 heterocycles. The molecule has 0 N–H and O–H groups in total. The Balaban J connectivity index is 2.17. The third-order valence-electron chi connectivity index (χ3n) is 3.67. The van der Waals surface area contributed by atoms with E-state index >= 15 is 0 Å². The summed E-state index contributed by atoms with van der Waals surface area (Å²) in [6.45, 7) is 2.13. The van der Waals surface area contributed by atoms with Crippen LogP contribution in [0.25, 0.3) is 5.69 Å². The van der Waals surface area contributed by atoms with Crippen molar-refractivity contribution in [2.75, 3.05) is 0 Å². The molecule has 2 aromatic heterocycles. The van der Waals surface area contributed by atoms with Gasteiger partial charge in [-0.05, 0) is 29.5 Å². The number of rotatable bonds is 4. The average Bonchev–Trinajstić information content (AvgIpc) is 3.20. The quantitative estimate of drug-likeness (QED) is 0.633. The van der Waals surface area contributed by atoms with Crippen molar-refractivity contribution in [1.29, 1.82) is 0 Å². The molecule has 1 aromatic carbocycles. The van der Waals surface area contributed by atoms with Crippen LogP contribution in [0, 0.1) is 0 Å². The largest absolute Gasteiger partial charge is 0.418 e. The number of esters is 1. The highest BCUT2D eigenvalue weighted by atomic mass is 19.4. The standard InChI is InChI=1S/C15H13F3N6O3/c1-3-23-11(7-8-19-23)27-13(25)9-5-4-6-10(15(16,17)18)12(9)24-14(26)22(2)20-21-24/h4-8H,3H2,1-2H3. The van der Waals surface area contributed by atoms with Crippen molar-refractivity contribution in [2.24, 2.45) is 7.05 Å². The van der Waals surface area contributed by atoms with Gasteiger partial charge in [0.1, 0.15) is 0 Å². The van der Waals surface area contributed by atoms with Gasteiger partial charge in [0.2, 0.25) is 5.88 Å². The zero-order valence-electron chi connectivity index (χ0n) is 14.1. The van der Waals surface area contributed by atoms with E-state index in [-0.39, 0.29) is 5.88 Å². The Hall–Kier alpha value is -3.44. The minimum atomic E-state index is -4.84. The van der Waals surface area contributed by atoms with E-state index in [1.807, 2.05) is 0 Å². The Morgan fingerprint density at radius 2 is 1.96 bits per heavy atom. The topological polar surface area (TPSA) is 96.8 Å². The fraction of sp³-hybridized carbons (Fsp3) is 0.267. The summed E-state index contributed by atoms with van der Waals surface area (Å²) in [5, 5.41) is 10.7. The lowest BCUT2D eigenvalue weighted by Gasteiger charge is -2.15. The van der Waals surface area contributed by atoms with Gasteiger partial charge in [0.25, 0.3) is 0 Å². The lowest BCUT2D eigenvalue weighted by molar-refractivity contribution is -0.137. The molecular weight excluding hydrogens is 369 g/mol. The molecule has 0 spiro atoms. The molecule has 142 valence electrons. The number of carbonyl (C=O) groups excluding carboxylic acids is 1. The number of carbonyl (C=O) groups is 1. The second-order valence-corrected chi connectivity index (χ2v) is 5.37. The Morgan fingerprint density at radius 1 is 1.22 bits per heavy atom. The highest BCUT2D eigenvalue weighted by Crippen LogP contribution is 2.35. The van der Waals surface area contributed by atoms with E-state index in [1.165, 1.54) is 24.0 Å². The van der Waals surface area contributed by atoms with E-state index in [0.717, 1.165) is 22.9 Å². The number of para-hydroxylation sites is 1. The number of hydrogen-bond acceptors (Lipinski definition) is 6. The van der Waals surface area contributed by atoms with Gasteiger partial charge in [-0.15, -0.1) is 0 Å². The number of halogens is 3. The van der Waals surface area contributed by atoms with Crippen molar-refractivity contribution in [3.8, 4) is 11.6 Å². The van der Waals surface area contributed by atoms with Crippen LogP contribution in [0.4, 0.5) is 13.2 Å². The maximum absolute atomic E-state index is 13.5. The van der Waals surface area contributed by atoms with E-state index in [9.17, 15) is 22.8 Å². The lowest BCUT2D eigenvalue weighted by atomic mass is 10.1. The molecule has 12 heteroatoms. The predicted molar refractivity (Wildman–Crippen MR) is 84.5 cm³/mol. The van der Waals surface area contributed by atoms with Crippen molar-refractivity contribution in [2.45, 2.75) is 19.6 Å². The maximum Gasteiger partial charge on any atom is 0.418 e. The molecule has 0 bridgehead atoms. The first-order chi connectivity index (χ1) is 12.7. The van der Waals surface area contributed by atoms with E-state index < -0.39 is 34.6 Å². The predicted octanol–water partition coefficient (Wildman–Crippen LogP) is 1.42. The van der Waals surface area contributed by atoms with Crippen LogP contribution in [0.15, 0.2) is 35.3 Å². The van der Waals surface area contributed by atoms with E-state index in [0.29, 0.717) is 11.2 Å². The molecule has 0 unspecified atom stereocenters. The van der Waals surface area contributed by atoms with Gasteiger partial charge < -0.3 is 4.74 Å². The molecule has 3 aromatic rings. The summed E-state index contributed by atoms with van der Waals surface area (Å²) < 4.78 is 48.1. The second-order valence-electron chi connectivity index (χ2n) is 5.37. The molecular formula is C15H13F3N6O3. The number of alkyl halides is 3. The molecule has 3 rings (SSSR count). The minimum Gasteiger partial charge on any atom is -0.404 e. The first-order valence-electron chi connectivity index (χ1n) is 7.67. The number of hydrogen-bond donors (Lipinski definition) is 0. The molecule has 9 nitrogen and oxygen atoms in total. The Bertz CT molecular complexity index is 1050. The minimum absolute atomic E-state index is 0.0531. The van der Waals surface area contributed by atoms with Crippen molar-refractivity contribution in [1.82, 2.24) is 29.6 Å². The number of nitrogens with zero attached hydrogens (tertiary/aromatic N) is 6. The summed E-state index contributed by atoms with van der Waals surface area (Å²) in [7, 11) is 1.22. The van der Waals surface area contributed by atoms with E-state index in [4.69, 9.17) is 4.74 Å². The van der Waals surface area contributed by atoms with E-state index in [1.54, 1.807) is 6.92 Å². The van der Waals surface area contributed by atoms with Crippen LogP contribution < -0.4 is 10.4 Å². The first kappa shape index (κ1) is 18.4. The van der Waals surface area contributed by atoms with Crippen LogP contribution in [0.2, 0.25) is 0 Å². The van der Waals surface area contributed by atoms with Crippen molar-refractivity contribution < 1.29 is 22.7 Å². The van der Waals surface area contributed by atoms with Crippen LogP contribution in [-0.2, 0) is 19.8 Å². The zero-order valence-corrected chi connectivity index (χ0v) is 14.1. The van der Waals surface area contributed by atoms with Gasteiger partial charge in [0.05, 0.1) is 23.0 Å². The summed E-state index contributed by atoms with van der Waals surface area (Å²) in [5.41, 5.74) is -3.41. The summed E-state index contributed by atoms with van der Waals surface area (Å²) in [5.74, 6) is -1.04.